The molecule has 3 aliphatic rings. The van der Waals surface area contributed by atoms with E-state index in [0.717, 1.165) is 48.2 Å². The maximum atomic E-state index is 13.6. The van der Waals surface area contributed by atoms with Gasteiger partial charge in [0.2, 0.25) is 0 Å². The maximum absolute atomic E-state index is 13.6. The van der Waals surface area contributed by atoms with Crippen LogP contribution in [0.2, 0.25) is 5.02 Å². The number of nitrogens with one attached hydrogen (secondary N) is 1. The summed E-state index contributed by atoms with van der Waals surface area (Å²) in [6.07, 6.45) is 9.65. The van der Waals surface area contributed by atoms with E-state index in [1.54, 1.807) is 12.4 Å². The largest absolute Gasteiger partial charge is 0.459 e. The predicted molar refractivity (Wildman–Crippen MR) is 131 cm³/mol. The summed E-state index contributed by atoms with van der Waals surface area (Å²) >= 11 is 6.07. The summed E-state index contributed by atoms with van der Waals surface area (Å²) in [7, 11) is 0. The number of aromatic nitrogens is 1. The molecule has 5 nitrogen and oxygen atoms in total. The molecule has 0 saturated heterocycles. The third kappa shape index (κ3) is 4.54. The second-order valence-corrected chi connectivity index (χ2v) is 9.96. The monoisotopic (exact) mass is 476 g/mol. The average molecular weight is 477 g/mol. The molecule has 2 aromatic rings. The van der Waals surface area contributed by atoms with Crippen LogP contribution in [-0.4, -0.2) is 22.8 Å². The van der Waals surface area contributed by atoms with Gasteiger partial charge in [0.25, 0.3) is 0 Å². The fourth-order valence-electron chi connectivity index (χ4n) is 5.56. The molecule has 5 rings (SSSR count). The van der Waals surface area contributed by atoms with E-state index < -0.39 is 5.92 Å². The molecule has 1 fully saturated rings. The molecule has 2 atom stereocenters. The molecular formula is C28H29ClN2O3. The summed E-state index contributed by atoms with van der Waals surface area (Å²) in [5, 5.41) is 4.10. The molecule has 2 unspecified atom stereocenters. The first kappa shape index (κ1) is 22.9. The van der Waals surface area contributed by atoms with Gasteiger partial charge in [0.1, 0.15) is 6.10 Å². The van der Waals surface area contributed by atoms with Crippen molar-refractivity contribution < 1.29 is 14.3 Å². The number of hydrogen-bond acceptors (Lipinski definition) is 5. The third-order valence-electron chi connectivity index (χ3n) is 7.23. The van der Waals surface area contributed by atoms with E-state index in [0.29, 0.717) is 29.0 Å². The van der Waals surface area contributed by atoms with E-state index in [9.17, 15) is 9.59 Å². The van der Waals surface area contributed by atoms with Gasteiger partial charge in [0.05, 0.1) is 5.57 Å². The van der Waals surface area contributed by atoms with E-state index in [-0.39, 0.29) is 23.8 Å². The van der Waals surface area contributed by atoms with Crippen LogP contribution >= 0.6 is 11.6 Å². The number of nitrogens with zero attached hydrogens (tertiary/aromatic N) is 1. The van der Waals surface area contributed by atoms with Gasteiger partial charge in [-0.2, -0.15) is 0 Å². The number of rotatable bonds is 4. The Balaban J connectivity index is 1.50. The van der Waals surface area contributed by atoms with Crippen LogP contribution in [0.1, 0.15) is 74.8 Å². The van der Waals surface area contributed by atoms with Crippen molar-refractivity contribution in [1.82, 2.24) is 10.3 Å². The van der Waals surface area contributed by atoms with E-state index in [1.165, 1.54) is 6.42 Å². The van der Waals surface area contributed by atoms with Crippen LogP contribution in [0.25, 0.3) is 0 Å². The number of allylic oxidation sites excluding steroid dienone is 3. The van der Waals surface area contributed by atoms with Crippen LogP contribution in [0.15, 0.2) is 71.3 Å². The second-order valence-electron chi connectivity index (χ2n) is 9.52. The quantitative estimate of drug-likeness (QED) is 0.550. The van der Waals surface area contributed by atoms with Crippen molar-refractivity contribution in [3.05, 3.63) is 87.5 Å². The number of benzene rings is 1. The smallest absolute Gasteiger partial charge is 0.337 e. The van der Waals surface area contributed by atoms with E-state index in [4.69, 9.17) is 16.3 Å². The van der Waals surface area contributed by atoms with Gasteiger partial charge in [0, 0.05) is 46.7 Å². The summed E-state index contributed by atoms with van der Waals surface area (Å²) in [6, 6.07) is 11.5. The first-order chi connectivity index (χ1) is 16.5. The predicted octanol–water partition coefficient (Wildman–Crippen LogP) is 5.97. The summed E-state index contributed by atoms with van der Waals surface area (Å²) in [5.41, 5.74) is 4.75. The lowest BCUT2D eigenvalue weighted by molar-refractivity contribution is -0.146. The number of carbonyl (C=O) groups is 2. The normalized spacial score (nSPS) is 23.4. The van der Waals surface area contributed by atoms with Crippen molar-refractivity contribution in [2.45, 2.75) is 69.8 Å². The van der Waals surface area contributed by atoms with Crippen LogP contribution in [0.4, 0.5) is 0 Å². The zero-order chi connectivity index (χ0) is 23.7. The van der Waals surface area contributed by atoms with Gasteiger partial charge < -0.3 is 10.1 Å². The Morgan fingerprint density at radius 1 is 1.06 bits per heavy atom. The van der Waals surface area contributed by atoms with Gasteiger partial charge in [-0.1, -0.05) is 36.2 Å². The van der Waals surface area contributed by atoms with Crippen molar-refractivity contribution in [2.75, 3.05) is 0 Å². The van der Waals surface area contributed by atoms with Crippen molar-refractivity contribution in [3.8, 4) is 0 Å². The number of carbonyl (C=O) groups excluding carboxylic acids is 2. The van der Waals surface area contributed by atoms with Gasteiger partial charge >= 0.3 is 5.97 Å². The Morgan fingerprint density at radius 2 is 1.82 bits per heavy atom. The second kappa shape index (κ2) is 9.75. The number of esters is 1. The highest BCUT2D eigenvalue weighted by Crippen LogP contribution is 2.45. The van der Waals surface area contributed by atoms with Gasteiger partial charge in [-0.15, -0.1) is 0 Å². The zero-order valence-corrected chi connectivity index (χ0v) is 20.1. The lowest BCUT2D eigenvalue weighted by atomic mass is 9.72. The van der Waals surface area contributed by atoms with Crippen molar-refractivity contribution in [1.29, 1.82) is 0 Å². The van der Waals surface area contributed by atoms with Crippen LogP contribution in [-0.2, 0) is 14.3 Å². The number of halogens is 1. The summed E-state index contributed by atoms with van der Waals surface area (Å²) in [6.45, 7) is 1.90. The topological polar surface area (TPSA) is 68.3 Å². The van der Waals surface area contributed by atoms with Gasteiger partial charge in [-0.3, -0.25) is 9.78 Å². The van der Waals surface area contributed by atoms with Crippen molar-refractivity contribution in [3.63, 3.8) is 0 Å². The molecule has 1 aromatic carbocycles. The maximum Gasteiger partial charge on any atom is 0.337 e. The molecule has 1 aliphatic heterocycles. The zero-order valence-electron chi connectivity index (χ0n) is 19.4. The summed E-state index contributed by atoms with van der Waals surface area (Å²) in [4.78, 5) is 31.4. The van der Waals surface area contributed by atoms with Crippen LogP contribution in [0.3, 0.4) is 0 Å². The molecule has 1 aromatic heterocycles. The minimum absolute atomic E-state index is 0.0529. The molecule has 176 valence electrons. The van der Waals surface area contributed by atoms with E-state index >= 15 is 0 Å². The Hall–Kier alpha value is -2.92. The van der Waals surface area contributed by atoms with Gasteiger partial charge in [-0.05, 0) is 74.3 Å². The Bertz CT molecular complexity index is 1150. The van der Waals surface area contributed by atoms with E-state index in [2.05, 4.69) is 10.3 Å². The molecule has 34 heavy (non-hydrogen) atoms. The highest BCUT2D eigenvalue weighted by atomic mass is 35.5. The lowest BCUT2D eigenvalue weighted by Gasteiger charge is -2.37. The van der Waals surface area contributed by atoms with E-state index in [1.807, 2.05) is 43.3 Å². The minimum atomic E-state index is -0.472. The molecule has 2 heterocycles. The number of Topliss-reactive ketones (excluding diaryl/α,β-unsaturated/α-hetero) is 1. The Kier molecular flexibility index (Phi) is 6.55. The number of ether oxygens (including phenoxy) is 1. The first-order valence-electron chi connectivity index (χ1n) is 12.1. The SMILES string of the molecule is CC1=C(C(=O)OC2CCCCC2)C(c2cccnc2)C2=C(CC(c3ccc(Cl)cc3)CC2=O)N1. The van der Waals surface area contributed by atoms with Crippen molar-refractivity contribution >= 4 is 23.4 Å². The Morgan fingerprint density at radius 3 is 2.53 bits per heavy atom. The fraction of sp³-hybridized carbons (Fsp3) is 0.393. The number of pyridine rings is 1. The van der Waals surface area contributed by atoms with Crippen LogP contribution in [0, 0.1) is 0 Å². The molecule has 2 aliphatic carbocycles. The van der Waals surface area contributed by atoms with Crippen LogP contribution < -0.4 is 5.32 Å². The number of hydrogen-bond donors (Lipinski definition) is 1. The third-order valence-corrected chi connectivity index (χ3v) is 7.48. The molecule has 6 heteroatoms. The van der Waals surface area contributed by atoms with Crippen molar-refractivity contribution in [2.24, 2.45) is 0 Å². The lowest BCUT2D eigenvalue weighted by Crippen LogP contribution is -2.37. The standard InChI is InChI=1S/C28H29ClN2O3/c1-17-25(28(33)34-22-7-3-2-4-8-22)26(19-6-5-13-30-16-19)27-23(31-17)14-20(15-24(27)32)18-9-11-21(29)12-10-18/h5-6,9-13,16,20,22,26,31H,2-4,7-8,14-15H2,1H3. The fourth-order valence-corrected chi connectivity index (χ4v) is 5.68. The number of dihydropyridines is 1. The minimum Gasteiger partial charge on any atom is -0.459 e. The molecule has 1 saturated carbocycles. The number of ketones is 1. The van der Waals surface area contributed by atoms with Crippen LogP contribution in [0.5, 0.6) is 0 Å². The molecular weight excluding hydrogens is 448 g/mol. The summed E-state index contributed by atoms with van der Waals surface area (Å²) < 4.78 is 5.97. The molecule has 1 N–H and O–H groups in total. The average Bonchev–Trinajstić information content (AvgIpc) is 2.84. The summed E-state index contributed by atoms with van der Waals surface area (Å²) in [5.74, 6) is -0.684. The Labute approximate surface area is 205 Å². The van der Waals surface area contributed by atoms with Gasteiger partial charge in [-0.25, -0.2) is 4.79 Å². The molecule has 0 bridgehead atoms. The van der Waals surface area contributed by atoms with Gasteiger partial charge in [0.15, 0.2) is 5.78 Å². The highest BCUT2D eigenvalue weighted by Gasteiger charge is 2.42. The molecule has 0 radical (unpaired) electrons. The molecule has 0 spiro atoms. The molecule has 0 amide bonds. The first-order valence-corrected chi connectivity index (χ1v) is 12.5. The highest BCUT2D eigenvalue weighted by molar-refractivity contribution is 6.30.